The van der Waals surface area contributed by atoms with Crippen molar-refractivity contribution in [1.29, 1.82) is 0 Å². The van der Waals surface area contributed by atoms with Gasteiger partial charge >= 0.3 is 11.9 Å². The Balaban J connectivity index is 1.77. The lowest BCUT2D eigenvalue weighted by Gasteiger charge is -2.12. The molecule has 1 aromatic carbocycles. The molecule has 4 aromatic rings. The van der Waals surface area contributed by atoms with E-state index < -0.39 is 23.1 Å². The van der Waals surface area contributed by atoms with E-state index in [1.807, 2.05) is 13.0 Å². The molecule has 0 spiro atoms. The molecule has 3 heterocycles. The van der Waals surface area contributed by atoms with Crippen molar-refractivity contribution in [1.82, 2.24) is 23.1 Å². The van der Waals surface area contributed by atoms with E-state index >= 15 is 0 Å². The van der Waals surface area contributed by atoms with Crippen LogP contribution in [0.3, 0.4) is 0 Å². The molecule has 1 unspecified atom stereocenters. The first-order valence-corrected chi connectivity index (χ1v) is 12.5. The number of hydrogen-bond acceptors (Lipinski definition) is 5. The van der Waals surface area contributed by atoms with Crippen molar-refractivity contribution in [3.8, 4) is 11.4 Å². The second kappa shape index (κ2) is 7.81. The van der Waals surface area contributed by atoms with Crippen LogP contribution in [-0.2, 0) is 31.6 Å². The average Bonchev–Trinajstić information content (AvgIpc) is 3.53. The SMILES string of the molecule is CCSc1cc2c(cc1-c1nc3cc(C(F)(F)F)cnc3n1C)n([S+]([O-])C1CC1)c(=O)n2C. The Bertz CT molecular complexity index is 1450. The topological polar surface area (TPSA) is 80.7 Å². The maximum Gasteiger partial charge on any atom is 0.417 e. The fourth-order valence-electron chi connectivity index (χ4n) is 3.85. The molecule has 0 radical (unpaired) electrons. The minimum absolute atomic E-state index is 0.0396. The highest BCUT2D eigenvalue weighted by Crippen LogP contribution is 2.38. The van der Waals surface area contributed by atoms with E-state index in [1.54, 1.807) is 24.7 Å². The van der Waals surface area contributed by atoms with E-state index in [0.717, 1.165) is 35.8 Å². The molecule has 3 aromatic heterocycles. The molecule has 0 saturated heterocycles. The van der Waals surface area contributed by atoms with Crippen molar-refractivity contribution >= 4 is 45.3 Å². The van der Waals surface area contributed by atoms with Gasteiger partial charge in [-0.3, -0.25) is 4.57 Å². The number of halogens is 3. The van der Waals surface area contributed by atoms with Crippen LogP contribution in [-0.4, -0.2) is 38.6 Å². The first kappa shape index (κ1) is 22.4. The lowest BCUT2D eigenvalue weighted by Crippen LogP contribution is -2.30. The number of thioether (sulfide) groups is 1. The second-order valence-corrected chi connectivity index (χ2v) is 10.8. The number of nitrogens with zero attached hydrogens (tertiary/aromatic N) is 5. The summed E-state index contributed by atoms with van der Waals surface area (Å²) in [6, 6.07) is 4.60. The summed E-state index contributed by atoms with van der Waals surface area (Å²) in [6.07, 6.45) is -2.10. The summed E-state index contributed by atoms with van der Waals surface area (Å²) in [5.41, 5.74) is 1.02. The van der Waals surface area contributed by atoms with Crippen LogP contribution < -0.4 is 5.69 Å². The van der Waals surface area contributed by atoms with Crippen LogP contribution >= 0.6 is 11.8 Å². The summed E-state index contributed by atoms with van der Waals surface area (Å²) in [5, 5.41) is -0.0396. The van der Waals surface area contributed by atoms with E-state index in [1.165, 1.54) is 20.3 Å². The molecule has 0 aliphatic heterocycles. The number of rotatable bonds is 5. The van der Waals surface area contributed by atoms with Gasteiger partial charge in [-0.2, -0.15) is 13.2 Å². The zero-order valence-electron chi connectivity index (χ0n) is 18.0. The Hall–Kier alpha value is -2.44. The molecule has 5 rings (SSSR count). The molecule has 174 valence electrons. The van der Waals surface area contributed by atoms with Gasteiger partial charge in [-0.05, 0) is 24.0 Å². The van der Waals surface area contributed by atoms with E-state index in [4.69, 9.17) is 0 Å². The first-order chi connectivity index (χ1) is 15.6. The summed E-state index contributed by atoms with van der Waals surface area (Å²) in [7, 11) is 3.33. The summed E-state index contributed by atoms with van der Waals surface area (Å²) >= 11 is 0.0487. The molecule has 1 aliphatic rings. The van der Waals surface area contributed by atoms with E-state index in [0.29, 0.717) is 28.1 Å². The van der Waals surface area contributed by atoms with E-state index in [9.17, 15) is 22.5 Å². The van der Waals surface area contributed by atoms with Gasteiger partial charge in [0.2, 0.25) is 0 Å². The van der Waals surface area contributed by atoms with Gasteiger partial charge in [-0.1, -0.05) is 6.92 Å². The molecular weight excluding hydrogens is 475 g/mol. The summed E-state index contributed by atoms with van der Waals surface area (Å²) in [5.74, 6) is 1.16. The molecule has 1 saturated carbocycles. The van der Waals surface area contributed by atoms with Crippen molar-refractivity contribution in [3.05, 3.63) is 40.4 Å². The third-order valence-electron chi connectivity index (χ3n) is 5.68. The summed E-state index contributed by atoms with van der Waals surface area (Å²) in [4.78, 5) is 22.2. The third-order valence-corrected chi connectivity index (χ3v) is 8.38. The number of aromatic nitrogens is 5. The zero-order valence-corrected chi connectivity index (χ0v) is 19.6. The highest BCUT2D eigenvalue weighted by molar-refractivity contribution is 7.99. The van der Waals surface area contributed by atoms with Gasteiger partial charge in [0.05, 0.1) is 22.4 Å². The van der Waals surface area contributed by atoms with Crippen LogP contribution in [0.1, 0.15) is 25.3 Å². The van der Waals surface area contributed by atoms with Crippen LogP contribution in [0.4, 0.5) is 13.2 Å². The minimum atomic E-state index is -4.52. The van der Waals surface area contributed by atoms with Crippen LogP contribution in [0.2, 0.25) is 0 Å². The number of hydrogen-bond donors (Lipinski definition) is 0. The highest BCUT2D eigenvalue weighted by Gasteiger charge is 2.39. The molecule has 1 fully saturated rings. The first-order valence-electron chi connectivity index (χ1n) is 10.3. The van der Waals surface area contributed by atoms with Gasteiger partial charge in [0.1, 0.15) is 22.1 Å². The zero-order chi connectivity index (χ0) is 23.7. The van der Waals surface area contributed by atoms with Gasteiger partial charge in [0.15, 0.2) is 5.65 Å². The Kier molecular flexibility index (Phi) is 5.29. The average molecular weight is 496 g/mol. The quantitative estimate of drug-likeness (QED) is 0.308. The largest absolute Gasteiger partial charge is 0.592 e. The van der Waals surface area contributed by atoms with Crippen molar-refractivity contribution in [2.24, 2.45) is 14.1 Å². The Labute approximate surface area is 193 Å². The standard InChI is InChI=1S/C21H20F3N5O2S2/c1-4-32-17-9-15-16(29(20(30)27(15)2)33(31)12-5-6-12)8-13(17)18-26-14-7-11(21(22,23)24)10-25-19(14)28(18)3/h7-10,12H,4-6H2,1-3H3. The number of pyridine rings is 1. The Morgan fingerprint density at radius 1 is 1.18 bits per heavy atom. The van der Waals surface area contributed by atoms with Gasteiger partial charge in [-0.25, -0.2) is 14.8 Å². The molecule has 7 nitrogen and oxygen atoms in total. The van der Waals surface area contributed by atoms with Crippen LogP contribution in [0.15, 0.2) is 34.1 Å². The number of aryl methyl sites for hydroxylation is 2. The Morgan fingerprint density at radius 2 is 1.91 bits per heavy atom. The molecule has 0 N–H and O–H groups in total. The highest BCUT2D eigenvalue weighted by atomic mass is 32.2. The number of imidazole rings is 2. The lowest BCUT2D eigenvalue weighted by atomic mass is 10.2. The molecule has 0 amide bonds. The summed E-state index contributed by atoms with van der Waals surface area (Å²) < 4.78 is 56.9. The molecule has 1 atom stereocenters. The lowest BCUT2D eigenvalue weighted by molar-refractivity contribution is -0.137. The van der Waals surface area contributed by atoms with E-state index in [2.05, 4.69) is 9.97 Å². The molecule has 12 heteroatoms. The predicted molar refractivity (Wildman–Crippen MR) is 123 cm³/mol. The van der Waals surface area contributed by atoms with Crippen LogP contribution in [0.5, 0.6) is 0 Å². The van der Waals surface area contributed by atoms with Crippen molar-refractivity contribution in [2.45, 2.75) is 36.1 Å². The third kappa shape index (κ3) is 3.64. The molecule has 33 heavy (non-hydrogen) atoms. The molecule has 0 bridgehead atoms. The fraction of sp³-hybridized carbons (Fsp3) is 0.381. The number of benzene rings is 1. The van der Waals surface area contributed by atoms with Gasteiger partial charge in [0, 0.05) is 43.6 Å². The van der Waals surface area contributed by atoms with Gasteiger partial charge in [0.25, 0.3) is 0 Å². The molecule has 1 aliphatic carbocycles. The van der Waals surface area contributed by atoms with Crippen LogP contribution in [0.25, 0.3) is 33.6 Å². The fourth-order valence-corrected chi connectivity index (χ4v) is 6.11. The Morgan fingerprint density at radius 3 is 2.55 bits per heavy atom. The smallest absolute Gasteiger partial charge is 0.417 e. The second-order valence-electron chi connectivity index (χ2n) is 7.94. The summed E-state index contributed by atoms with van der Waals surface area (Å²) in [6.45, 7) is 1.98. The van der Waals surface area contributed by atoms with Crippen molar-refractivity contribution in [2.75, 3.05) is 5.75 Å². The maximum absolute atomic E-state index is 13.2. The number of fused-ring (bicyclic) bond motifs is 2. The van der Waals surface area contributed by atoms with E-state index in [-0.39, 0.29) is 16.5 Å². The predicted octanol–water partition coefficient (Wildman–Crippen LogP) is 4.09. The number of alkyl halides is 3. The molecular formula is C21H20F3N5O2S2. The van der Waals surface area contributed by atoms with Gasteiger partial charge in [-0.15, -0.1) is 15.7 Å². The van der Waals surface area contributed by atoms with Crippen molar-refractivity contribution in [3.63, 3.8) is 0 Å². The normalized spacial score (nSPS) is 15.6. The monoisotopic (exact) mass is 495 g/mol. The van der Waals surface area contributed by atoms with Crippen LogP contribution in [0, 0.1) is 0 Å². The van der Waals surface area contributed by atoms with Crippen molar-refractivity contribution < 1.29 is 17.7 Å². The van der Waals surface area contributed by atoms with Gasteiger partial charge < -0.3 is 9.12 Å². The maximum atomic E-state index is 13.2. The minimum Gasteiger partial charge on any atom is -0.592 e.